The van der Waals surface area contributed by atoms with Gasteiger partial charge in [-0.2, -0.15) is 13.2 Å². The Morgan fingerprint density at radius 3 is 2.28 bits per heavy atom. The number of hydrogen-bond donors (Lipinski definition) is 0. The van der Waals surface area contributed by atoms with Crippen molar-refractivity contribution in [2.24, 2.45) is 0 Å². The minimum absolute atomic E-state index is 0.101. The summed E-state index contributed by atoms with van der Waals surface area (Å²) in [5.41, 5.74) is -0.631. The van der Waals surface area contributed by atoms with Gasteiger partial charge in [-0.3, -0.25) is 4.79 Å². The van der Waals surface area contributed by atoms with Crippen LogP contribution in [0.2, 0.25) is 5.02 Å². The first-order valence-electron chi connectivity index (χ1n) is 5.10. The lowest BCUT2D eigenvalue weighted by atomic mass is 10.1. The van der Waals surface area contributed by atoms with Crippen molar-refractivity contribution in [2.45, 2.75) is 12.6 Å². The predicted molar refractivity (Wildman–Crippen MR) is 57.4 cm³/mol. The summed E-state index contributed by atoms with van der Waals surface area (Å²) in [5, 5.41) is -0.304. The van der Waals surface area contributed by atoms with Gasteiger partial charge in [0.1, 0.15) is 0 Å². The largest absolute Gasteiger partial charge is 0.490 e. The fourth-order valence-electron chi connectivity index (χ4n) is 1.51. The van der Waals surface area contributed by atoms with E-state index in [1.165, 1.54) is 6.07 Å². The molecule has 18 heavy (non-hydrogen) atoms. The number of carbonyl (C=O) groups is 1. The minimum Gasteiger partial charge on any atom is -0.490 e. The van der Waals surface area contributed by atoms with Crippen LogP contribution >= 0.6 is 11.6 Å². The summed E-state index contributed by atoms with van der Waals surface area (Å²) >= 11 is 5.66. The van der Waals surface area contributed by atoms with E-state index >= 15 is 0 Å². The number of ketones is 1. The number of hydrogen-bond acceptors (Lipinski definition) is 3. The number of Topliss-reactive ketones (excluding diaryl/α,β-unsaturated/α-hetero) is 1. The topological polar surface area (TPSA) is 35.5 Å². The van der Waals surface area contributed by atoms with E-state index in [0.29, 0.717) is 19.6 Å². The van der Waals surface area contributed by atoms with Crippen LogP contribution in [-0.2, 0) is 0 Å². The van der Waals surface area contributed by atoms with Crippen molar-refractivity contribution in [3.05, 3.63) is 22.7 Å². The van der Waals surface area contributed by atoms with Crippen LogP contribution in [0.4, 0.5) is 13.2 Å². The summed E-state index contributed by atoms with van der Waals surface area (Å²) in [6, 6.07) is 2.14. The zero-order valence-electron chi connectivity index (χ0n) is 9.01. The lowest BCUT2D eigenvalue weighted by Crippen LogP contribution is -2.23. The summed E-state index contributed by atoms with van der Waals surface area (Å²) in [4.78, 5) is 11.2. The first-order valence-corrected chi connectivity index (χ1v) is 5.48. The van der Waals surface area contributed by atoms with Crippen molar-refractivity contribution in [1.82, 2.24) is 0 Å². The Morgan fingerprint density at radius 1 is 1.17 bits per heavy atom. The molecule has 1 aromatic rings. The summed E-state index contributed by atoms with van der Waals surface area (Å²) in [6.07, 6.45) is -4.36. The highest BCUT2D eigenvalue weighted by Crippen LogP contribution is 2.37. The monoisotopic (exact) mass is 280 g/mol. The molecule has 0 aromatic heterocycles. The number of rotatable bonds is 1. The van der Waals surface area contributed by atoms with Crippen molar-refractivity contribution in [2.75, 3.05) is 13.2 Å². The normalized spacial score (nSPS) is 15.1. The molecule has 0 N–H and O–H groups in total. The third-order valence-corrected chi connectivity index (χ3v) is 2.65. The van der Waals surface area contributed by atoms with Gasteiger partial charge in [-0.15, -0.1) is 0 Å². The number of alkyl halides is 3. The molecular weight excluding hydrogens is 273 g/mol. The molecule has 0 bridgehead atoms. The molecule has 3 nitrogen and oxygen atoms in total. The molecule has 1 heterocycles. The smallest absolute Gasteiger partial charge is 0.454 e. The molecule has 0 saturated heterocycles. The Morgan fingerprint density at radius 2 is 1.72 bits per heavy atom. The first-order chi connectivity index (χ1) is 8.39. The van der Waals surface area contributed by atoms with Crippen molar-refractivity contribution < 1.29 is 27.4 Å². The molecule has 0 unspecified atom stereocenters. The zero-order valence-corrected chi connectivity index (χ0v) is 9.77. The molecule has 1 aliphatic rings. The maximum Gasteiger partial charge on any atom is 0.454 e. The van der Waals surface area contributed by atoms with Crippen LogP contribution in [0.15, 0.2) is 12.1 Å². The number of carbonyl (C=O) groups excluding carboxylic acids is 1. The Kier molecular flexibility index (Phi) is 3.38. The number of ether oxygens (including phenoxy) is 2. The third-order valence-electron chi connectivity index (χ3n) is 2.34. The number of fused-ring (bicyclic) bond motifs is 1. The number of benzene rings is 1. The number of halogens is 4. The molecule has 0 radical (unpaired) electrons. The second kappa shape index (κ2) is 4.68. The van der Waals surface area contributed by atoms with Gasteiger partial charge in [-0.05, 0) is 6.07 Å². The van der Waals surface area contributed by atoms with Crippen molar-refractivity contribution in [3.63, 3.8) is 0 Å². The van der Waals surface area contributed by atoms with Crippen LogP contribution in [0.25, 0.3) is 0 Å². The summed E-state index contributed by atoms with van der Waals surface area (Å²) < 4.78 is 47.5. The van der Waals surface area contributed by atoms with Crippen LogP contribution in [0.5, 0.6) is 11.5 Å². The van der Waals surface area contributed by atoms with Gasteiger partial charge in [0.05, 0.1) is 18.2 Å². The molecule has 1 aromatic carbocycles. The summed E-state index contributed by atoms with van der Waals surface area (Å²) in [6.45, 7) is 0.699. The fraction of sp³-hybridized carbons (Fsp3) is 0.364. The van der Waals surface area contributed by atoms with Crippen LogP contribution in [0.1, 0.15) is 16.8 Å². The fourth-order valence-corrected chi connectivity index (χ4v) is 1.75. The van der Waals surface area contributed by atoms with Gasteiger partial charge in [0.15, 0.2) is 11.5 Å². The Hall–Kier alpha value is -1.43. The lowest BCUT2D eigenvalue weighted by Gasteiger charge is -2.12. The van der Waals surface area contributed by atoms with Crippen molar-refractivity contribution in [1.29, 1.82) is 0 Å². The molecule has 2 rings (SSSR count). The van der Waals surface area contributed by atoms with E-state index in [1.54, 1.807) is 0 Å². The molecule has 0 amide bonds. The second-order valence-electron chi connectivity index (χ2n) is 3.66. The highest BCUT2D eigenvalue weighted by atomic mass is 35.5. The van der Waals surface area contributed by atoms with Gasteiger partial charge < -0.3 is 9.47 Å². The average molecular weight is 281 g/mol. The van der Waals surface area contributed by atoms with Gasteiger partial charge in [-0.25, -0.2) is 0 Å². The van der Waals surface area contributed by atoms with Crippen molar-refractivity contribution in [3.8, 4) is 11.5 Å². The Bertz CT molecular complexity index is 485. The molecule has 7 heteroatoms. The standard InChI is InChI=1S/C11H8ClF3O3/c12-7-5-9-8(17-2-1-3-18-9)4-6(7)10(16)11(13,14)15/h4-5H,1-3H2. The van der Waals surface area contributed by atoms with E-state index < -0.39 is 17.5 Å². The van der Waals surface area contributed by atoms with E-state index in [1.807, 2.05) is 0 Å². The van der Waals surface area contributed by atoms with Crippen LogP contribution in [0, 0.1) is 0 Å². The molecular formula is C11H8ClF3O3. The molecule has 0 aliphatic carbocycles. The molecule has 0 spiro atoms. The van der Waals surface area contributed by atoms with E-state index in [-0.39, 0.29) is 16.5 Å². The van der Waals surface area contributed by atoms with E-state index in [2.05, 4.69) is 0 Å². The van der Waals surface area contributed by atoms with Gasteiger partial charge >= 0.3 is 6.18 Å². The highest BCUT2D eigenvalue weighted by molar-refractivity contribution is 6.34. The van der Waals surface area contributed by atoms with Gasteiger partial charge in [-0.1, -0.05) is 11.6 Å². The van der Waals surface area contributed by atoms with E-state index in [4.69, 9.17) is 21.1 Å². The van der Waals surface area contributed by atoms with Gasteiger partial charge in [0.2, 0.25) is 0 Å². The van der Waals surface area contributed by atoms with Crippen LogP contribution in [0.3, 0.4) is 0 Å². The first kappa shape index (κ1) is 13.0. The maximum atomic E-state index is 12.3. The van der Waals surface area contributed by atoms with Crippen molar-refractivity contribution >= 4 is 17.4 Å². The molecule has 0 atom stereocenters. The summed E-state index contributed by atoms with van der Waals surface area (Å²) in [7, 11) is 0. The zero-order chi connectivity index (χ0) is 13.3. The third kappa shape index (κ3) is 2.53. The van der Waals surface area contributed by atoms with E-state index in [0.717, 1.165) is 6.07 Å². The molecule has 1 aliphatic heterocycles. The lowest BCUT2D eigenvalue weighted by molar-refractivity contribution is -0.0885. The maximum absolute atomic E-state index is 12.3. The Balaban J connectivity index is 2.44. The quantitative estimate of drug-likeness (QED) is 0.741. The second-order valence-corrected chi connectivity index (χ2v) is 4.06. The van der Waals surface area contributed by atoms with Gasteiger partial charge in [0, 0.05) is 18.1 Å². The summed E-state index contributed by atoms with van der Waals surface area (Å²) in [5.74, 6) is -1.65. The van der Waals surface area contributed by atoms with Crippen LogP contribution < -0.4 is 9.47 Å². The average Bonchev–Trinajstić information content (AvgIpc) is 2.50. The molecule has 98 valence electrons. The molecule has 0 saturated carbocycles. The Labute approximate surface area is 105 Å². The van der Waals surface area contributed by atoms with Gasteiger partial charge in [0.25, 0.3) is 5.78 Å². The predicted octanol–water partition coefficient (Wildman–Crippen LogP) is 3.25. The highest BCUT2D eigenvalue weighted by Gasteiger charge is 2.41. The SMILES string of the molecule is O=C(c1cc2c(cc1Cl)OCCCO2)C(F)(F)F. The van der Waals surface area contributed by atoms with Crippen LogP contribution in [-0.4, -0.2) is 25.2 Å². The minimum atomic E-state index is -4.97. The van der Waals surface area contributed by atoms with E-state index in [9.17, 15) is 18.0 Å². The molecule has 0 fully saturated rings.